The van der Waals surface area contributed by atoms with E-state index < -0.39 is 0 Å². The summed E-state index contributed by atoms with van der Waals surface area (Å²) in [4.78, 5) is 36.0. The molecule has 150 valence electrons. The average Bonchev–Trinajstić information content (AvgIpc) is 2.96. The Hall–Kier alpha value is -2.21. The smallest absolute Gasteiger partial charge is 0.233 e. The molecule has 1 aromatic heterocycles. The fourth-order valence-electron chi connectivity index (χ4n) is 4.67. The molecule has 0 radical (unpaired) electrons. The van der Waals surface area contributed by atoms with Gasteiger partial charge in [-0.15, -0.1) is 0 Å². The third-order valence-electron chi connectivity index (χ3n) is 6.37. The fourth-order valence-corrected chi connectivity index (χ4v) is 4.67. The van der Waals surface area contributed by atoms with E-state index in [2.05, 4.69) is 33.8 Å². The van der Waals surface area contributed by atoms with Gasteiger partial charge >= 0.3 is 0 Å². The Bertz CT molecular complexity index is 740. The number of carbonyl (C=O) groups is 2. The van der Waals surface area contributed by atoms with Crippen LogP contribution in [0.1, 0.15) is 32.6 Å². The molecular formula is C22H30N4O2. The van der Waals surface area contributed by atoms with E-state index in [1.165, 1.54) is 5.57 Å². The van der Waals surface area contributed by atoms with Crippen LogP contribution in [0.4, 0.5) is 5.82 Å². The maximum Gasteiger partial charge on any atom is 0.233 e. The van der Waals surface area contributed by atoms with E-state index in [9.17, 15) is 9.59 Å². The second-order valence-corrected chi connectivity index (χ2v) is 8.26. The lowest BCUT2D eigenvalue weighted by Gasteiger charge is -2.35. The van der Waals surface area contributed by atoms with Gasteiger partial charge in [-0.1, -0.05) is 17.7 Å². The molecule has 6 nitrogen and oxygen atoms in total. The standard InChI is InChI=1S/C22H30N4O2/c1-17-7-8-18-19(16-17)22(28)26(21(18)27)11-5-4-10-24-12-14-25(15-13-24)20-6-2-3-9-23-20/h2-3,6-7,9,18-19H,4-5,8,10-16H2,1H3. The zero-order valence-corrected chi connectivity index (χ0v) is 16.7. The van der Waals surface area contributed by atoms with Crippen LogP contribution in [0.25, 0.3) is 0 Å². The Kier molecular flexibility index (Phi) is 5.76. The minimum absolute atomic E-state index is 0.0581. The lowest BCUT2D eigenvalue weighted by Crippen LogP contribution is -2.47. The van der Waals surface area contributed by atoms with Crippen molar-refractivity contribution in [2.24, 2.45) is 11.8 Å². The maximum absolute atomic E-state index is 12.6. The lowest BCUT2D eigenvalue weighted by atomic mass is 9.82. The third-order valence-corrected chi connectivity index (χ3v) is 6.37. The molecule has 1 aromatic rings. The van der Waals surface area contributed by atoms with Crippen molar-refractivity contribution < 1.29 is 9.59 Å². The molecule has 3 aliphatic rings. The molecule has 2 amide bonds. The Morgan fingerprint density at radius 2 is 1.75 bits per heavy atom. The van der Waals surface area contributed by atoms with Gasteiger partial charge in [0.1, 0.15) is 5.82 Å². The number of imide groups is 1. The van der Waals surface area contributed by atoms with Crippen LogP contribution >= 0.6 is 0 Å². The van der Waals surface area contributed by atoms with Crippen LogP contribution in [0.15, 0.2) is 36.0 Å². The predicted molar refractivity (Wildman–Crippen MR) is 109 cm³/mol. The maximum atomic E-state index is 12.6. The molecule has 2 saturated heterocycles. The zero-order chi connectivity index (χ0) is 19.5. The van der Waals surface area contributed by atoms with Crippen LogP contribution in [0.2, 0.25) is 0 Å². The molecule has 2 aliphatic heterocycles. The van der Waals surface area contributed by atoms with Crippen molar-refractivity contribution in [2.45, 2.75) is 32.6 Å². The molecule has 28 heavy (non-hydrogen) atoms. The van der Waals surface area contributed by atoms with Crippen LogP contribution in [0, 0.1) is 11.8 Å². The summed E-state index contributed by atoms with van der Waals surface area (Å²) in [5.41, 5.74) is 1.24. The number of likely N-dealkylation sites (tertiary alicyclic amines) is 1. The summed E-state index contributed by atoms with van der Waals surface area (Å²) < 4.78 is 0. The van der Waals surface area contributed by atoms with Gasteiger partial charge in [-0.05, 0) is 51.3 Å². The summed E-state index contributed by atoms with van der Waals surface area (Å²) in [6.45, 7) is 7.73. The molecule has 2 atom stereocenters. The molecule has 0 aromatic carbocycles. The Labute approximate surface area is 167 Å². The zero-order valence-electron chi connectivity index (χ0n) is 16.7. The van der Waals surface area contributed by atoms with E-state index in [1.54, 1.807) is 4.90 Å². The van der Waals surface area contributed by atoms with Crippen molar-refractivity contribution in [3.8, 4) is 0 Å². The number of piperazine rings is 1. The number of carbonyl (C=O) groups excluding carboxylic acids is 2. The molecule has 0 N–H and O–H groups in total. The van der Waals surface area contributed by atoms with E-state index in [1.807, 2.05) is 18.3 Å². The average molecular weight is 383 g/mol. The third kappa shape index (κ3) is 3.97. The van der Waals surface area contributed by atoms with Crippen LogP contribution in [-0.2, 0) is 9.59 Å². The Morgan fingerprint density at radius 3 is 2.50 bits per heavy atom. The first-order chi connectivity index (χ1) is 13.6. The summed E-state index contributed by atoms with van der Waals surface area (Å²) in [5, 5.41) is 0. The van der Waals surface area contributed by atoms with Crippen LogP contribution in [-0.4, -0.2) is 65.9 Å². The second-order valence-electron chi connectivity index (χ2n) is 8.26. The largest absolute Gasteiger partial charge is 0.354 e. The molecule has 2 unspecified atom stereocenters. The summed E-state index contributed by atoms with van der Waals surface area (Å²) >= 11 is 0. The van der Waals surface area contributed by atoms with E-state index >= 15 is 0 Å². The molecule has 3 heterocycles. The van der Waals surface area contributed by atoms with Crippen molar-refractivity contribution in [3.63, 3.8) is 0 Å². The molecule has 0 saturated carbocycles. The molecular weight excluding hydrogens is 352 g/mol. The Balaban J connectivity index is 1.18. The van der Waals surface area contributed by atoms with Gasteiger partial charge in [-0.3, -0.25) is 19.4 Å². The first-order valence-electron chi connectivity index (χ1n) is 10.5. The quantitative estimate of drug-likeness (QED) is 0.429. The van der Waals surface area contributed by atoms with E-state index in [0.29, 0.717) is 6.54 Å². The number of unbranched alkanes of at least 4 members (excludes halogenated alkanes) is 1. The monoisotopic (exact) mass is 382 g/mol. The SMILES string of the molecule is CC1=CCC2C(=O)N(CCCCN3CCN(c4ccccn4)CC3)C(=O)C2C1. The molecule has 6 heteroatoms. The normalized spacial score (nSPS) is 25.8. The topological polar surface area (TPSA) is 56.8 Å². The van der Waals surface area contributed by atoms with Gasteiger partial charge < -0.3 is 4.90 Å². The number of fused-ring (bicyclic) bond motifs is 1. The predicted octanol–water partition coefficient (Wildman–Crippen LogP) is 2.33. The van der Waals surface area contributed by atoms with Gasteiger partial charge in [0.15, 0.2) is 0 Å². The van der Waals surface area contributed by atoms with Gasteiger partial charge in [-0.25, -0.2) is 4.98 Å². The number of anilines is 1. The highest BCUT2D eigenvalue weighted by Crippen LogP contribution is 2.37. The first kappa shape index (κ1) is 19.1. The van der Waals surface area contributed by atoms with E-state index in [4.69, 9.17) is 0 Å². The number of pyridine rings is 1. The molecule has 1 aliphatic carbocycles. The van der Waals surface area contributed by atoms with Crippen LogP contribution < -0.4 is 4.90 Å². The van der Waals surface area contributed by atoms with Gasteiger partial charge in [-0.2, -0.15) is 0 Å². The summed E-state index contributed by atoms with van der Waals surface area (Å²) in [6, 6.07) is 6.04. The van der Waals surface area contributed by atoms with Gasteiger partial charge in [0.05, 0.1) is 11.8 Å². The number of amides is 2. The van der Waals surface area contributed by atoms with Crippen molar-refractivity contribution in [1.29, 1.82) is 0 Å². The molecule has 4 rings (SSSR count). The number of hydrogen-bond donors (Lipinski definition) is 0. The number of nitrogens with zero attached hydrogens (tertiary/aromatic N) is 4. The van der Waals surface area contributed by atoms with E-state index in [0.717, 1.165) is 64.2 Å². The van der Waals surface area contributed by atoms with Crippen LogP contribution in [0.3, 0.4) is 0 Å². The Morgan fingerprint density at radius 1 is 1.00 bits per heavy atom. The number of aromatic nitrogens is 1. The summed E-state index contributed by atoms with van der Waals surface area (Å²) in [5.74, 6) is 0.974. The highest BCUT2D eigenvalue weighted by atomic mass is 16.2. The first-order valence-corrected chi connectivity index (χ1v) is 10.5. The highest BCUT2D eigenvalue weighted by molar-refractivity contribution is 6.05. The van der Waals surface area contributed by atoms with Gasteiger partial charge in [0.25, 0.3) is 0 Å². The minimum Gasteiger partial charge on any atom is -0.354 e. The lowest BCUT2D eigenvalue weighted by molar-refractivity contribution is -0.139. The van der Waals surface area contributed by atoms with Gasteiger partial charge in [0.2, 0.25) is 11.8 Å². The number of hydrogen-bond acceptors (Lipinski definition) is 5. The minimum atomic E-state index is -0.101. The molecule has 2 fully saturated rings. The van der Waals surface area contributed by atoms with Crippen molar-refractivity contribution in [1.82, 2.24) is 14.8 Å². The van der Waals surface area contributed by atoms with E-state index in [-0.39, 0.29) is 23.7 Å². The highest BCUT2D eigenvalue weighted by Gasteiger charge is 2.47. The molecule has 0 spiro atoms. The summed E-state index contributed by atoms with van der Waals surface area (Å²) in [6.07, 6.45) is 7.37. The van der Waals surface area contributed by atoms with Crippen LogP contribution in [0.5, 0.6) is 0 Å². The summed E-state index contributed by atoms with van der Waals surface area (Å²) in [7, 11) is 0. The number of allylic oxidation sites excluding steroid dienone is 2. The fraction of sp³-hybridized carbons (Fsp3) is 0.591. The second kappa shape index (κ2) is 8.43. The van der Waals surface area contributed by atoms with Gasteiger partial charge in [0, 0.05) is 38.9 Å². The number of rotatable bonds is 6. The molecule has 0 bridgehead atoms. The van der Waals surface area contributed by atoms with Crippen molar-refractivity contribution in [2.75, 3.05) is 44.2 Å². The van der Waals surface area contributed by atoms with Crippen molar-refractivity contribution >= 4 is 17.6 Å². The van der Waals surface area contributed by atoms with Crippen molar-refractivity contribution in [3.05, 3.63) is 36.0 Å².